The van der Waals surface area contributed by atoms with Crippen molar-refractivity contribution in [3.8, 4) is 17.1 Å². The number of hydrogen-bond donors (Lipinski definition) is 0. The highest BCUT2D eigenvalue weighted by Gasteiger charge is 2.35. The summed E-state index contributed by atoms with van der Waals surface area (Å²) in [6.45, 7) is 15.0. The molecule has 0 bridgehead atoms. The Balaban J connectivity index is 1.55. The molecule has 1 saturated heterocycles. The van der Waals surface area contributed by atoms with Crippen molar-refractivity contribution in [3.05, 3.63) is 53.5 Å². The van der Waals surface area contributed by atoms with Crippen molar-refractivity contribution in [1.82, 2.24) is 29.5 Å². The number of nitrogens with zero attached hydrogens (tertiary/aromatic N) is 7. The van der Waals surface area contributed by atoms with Crippen molar-refractivity contribution in [2.75, 3.05) is 38.7 Å². The molecule has 2 atom stereocenters. The molecule has 2 fully saturated rings. The summed E-state index contributed by atoms with van der Waals surface area (Å²) in [6, 6.07) is 5.90. The van der Waals surface area contributed by atoms with Gasteiger partial charge in [-0.2, -0.15) is 15.1 Å². The van der Waals surface area contributed by atoms with E-state index in [1.165, 1.54) is 6.08 Å². The number of likely N-dealkylation sites (N-methyl/N-ethyl adjacent to an activating group) is 1. The van der Waals surface area contributed by atoms with E-state index in [9.17, 15) is 4.79 Å². The van der Waals surface area contributed by atoms with Gasteiger partial charge in [-0.05, 0) is 79.3 Å². The van der Waals surface area contributed by atoms with E-state index in [1.807, 2.05) is 57.9 Å². The van der Waals surface area contributed by atoms with Crippen LogP contribution in [0.25, 0.3) is 32.9 Å². The van der Waals surface area contributed by atoms with E-state index in [0.29, 0.717) is 42.5 Å². The third kappa shape index (κ3) is 5.52. The van der Waals surface area contributed by atoms with Crippen LogP contribution >= 0.6 is 11.6 Å². The van der Waals surface area contributed by atoms with Crippen LogP contribution in [0.2, 0.25) is 5.02 Å². The normalized spacial score (nSPS) is 19.2. The Kier molecular flexibility index (Phi) is 8.02. The molecule has 1 aliphatic heterocycles. The van der Waals surface area contributed by atoms with Crippen LogP contribution in [-0.4, -0.2) is 86.9 Å². The van der Waals surface area contributed by atoms with E-state index < -0.39 is 5.82 Å². The lowest BCUT2D eigenvalue weighted by molar-refractivity contribution is -0.128. The lowest BCUT2D eigenvalue weighted by Crippen LogP contribution is -2.58. The Morgan fingerprint density at radius 2 is 1.91 bits per heavy atom. The Morgan fingerprint density at radius 1 is 1.18 bits per heavy atom. The van der Waals surface area contributed by atoms with Crippen molar-refractivity contribution in [1.29, 1.82) is 0 Å². The average Bonchev–Trinajstić information content (AvgIpc) is 3.76. The number of aryl methyl sites for hydroxylation is 1. The van der Waals surface area contributed by atoms with E-state index in [0.717, 1.165) is 34.9 Å². The van der Waals surface area contributed by atoms with Crippen molar-refractivity contribution >= 4 is 45.1 Å². The maximum atomic E-state index is 17.1. The first-order valence-corrected chi connectivity index (χ1v) is 15.9. The fourth-order valence-electron chi connectivity index (χ4n) is 6.04. The van der Waals surface area contributed by atoms with Gasteiger partial charge in [0.25, 0.3) is 0 Å². The standard InChI is InChI=1S/C34H41ClFN7O2/c1-9-26(44)41-16-21(4)42(17-20(41)3)32-24-14-25(35)28(27-19(2)10-11-22-15-37-43(31(22)27)23-12-13-23)29(36)30(24)38-33(39-32)45-18-34(5,6)40(7)8/h9-11,14-15,20-21,23H,1,12-13,16-18H2,2-8H3/t20-,21+/m1/s1. The molecular formula is C34H41ClFN7O2. The largest absolute Gasteiger partial charge is 0.461 e. The second-order valence-electron chi connectivity index (χ2n) is 13.3. The number of anilines is 1. The molecular weight excluding hydrogens is 593 g/mol. The monoisotopic (exact) mass is 633 g/mol. The second-order valence-corrected chi connectivity index (χ2v) is 13.7. The van der Waals surface area contributed by atoms with Crippen molar-refractivity contribution in [3.63, 3.8) is 0 Å². The SMILES string of the molecule is C=CC(=O)N1C[C@H](C)N(c2nc(OCC(C)(C)N(C)C)nc3c(F)c(-c4c(C)ccc5cnn(C6CC6)c45)c(Cl)cc23)C[C@H]1C. The highest BCUT2D eigenvalue weighted by molar-refractivity contribution is 6.35. The number of halogens is 2. The summed E-state index contributed by atoms with van der Waals surface area (Å²) >= 11 is 7.04. The van der Waals surface area contributed by atoms with E-state index in [2.05, 4.69) is 40.3 Å². The van der Waals surface area contributed by atoms with Crippen molar-refractivity contribution in [2.45, 2.75) is 71.1 Å². The zero-order chi connectivity index (χ0) is 32.4. The third-order valence-electron chi connectivity index (χ3n) is 9.43. The predicted molar refractivity (Wildman–Crippen MR) is 178 cm³/mol. The molecule has 0 unspecified atom stereocenters. The van der Waals surface area contributed by atoms with Crippen LogP contribution in [0.4, 0.5) is 10.2 Å². The quantitative estimate of drug-likeness (QED) is 0.207. The Bertz CT molecular complexity index is 1820. The highest BCUT2D eigenvalue weighted by Crippen LogP contribution is 2.45. The summed E-state index contributed by atoms with van der Waals surface area (Å²) in [7, 11) is 3.96. The number of rotatable bonds is 8. The molecule has 0 spiro atoms. The zero-order valence-electron chi connectivity index (χ0n) is 27.1. The smallest absolute Gasteiger partial charge is 0.319 e. The van der Waals surface area contributed by atoms with E-state index in [4.69, 9.17) is 21.3 Å². The number of carbonyl (C=O) groups excluding carboxylic acids is 1. The van der Waals surface area contributed by atoms with Crippen LogP contribution in [0.15, 0.2) is 37.1 Å². The molecule has 11 heteroatoms. The Labute approximate surface area is 268 Å². The molecule has 3 heterocycles. The summed E-state index contributed by atoms with van der Waals surface area (Å²) in [4.78, 5) is 28.0. The number of carbonyl (C=O) groups is 1. The number of aromatic nitrogens is 4. The molecule has 2 aromatic carbocycles. The minimum Gasteiger partial charge on any atom is -0.461 e. The van der Waals surface area contributed by atoms with Gasteiger partial charge in [-0.3, -0.25) is 9.48 Å². The molecule has 0 radical (unpaired) electrons. The molecule has 1 aliphatic carbocycles. The highest BCUT2D eigenvalue weighted by atomic mass is 35.5. The topological polar surface area (TPSA) is 79.6 Å². The summed E-state index contributed by atoms with van der Waals surface area (Å²) in [5.41, 5.74) is 2.60. The molecule has 2 aliphatic rings. The molecule has 4 aromatic rings. The van der Waals surface area contributed by atoms with Crippen LogP contribution in [-0.2, 0) is 4.79 Å². The van der Waals surface area contributed by atoms with Crippen molar-refractivity contribution in [2.24, 2.45) is 0 Å². The van der Waals surface area contributed by atoms with Gasteiger partial charge in [0, 0.05) is 52.6 Å². The molecule has 1 amide bonds. The maximum Gasteiger partial charge on any atom is 0.319 e. The molecule has 45 heavy (non-hydrogen) atoms. The lowest BCUT2D eigenvalue weighted by Gasteiger charge is -2.44. The van der Waals surface area contributed by atoms with Gasteiger partial charge in [-0.25, -0.2) is 4.39 Å². The number of ether oxygens (including phenoxy) is 1. The van der Waals surface area contributed by atoms with Gasteiger partial charge in [-0.1, -0.05) is 30.3 Å². The third-order valence-corrected chi connectivity index (χ3v) is 9.73. The van der Waals surface area contributed by atoms with Gasteiger partial charge in [0.05, 0.1) is 22.8 Å². The van der Waals surface area contributed by atoms with Gasteiger partial charge in [-0.15, -0.1) is 0 Å². The maximum absolute atomic E-state index is 17.1. The van der Waals surface area contributed by atoms with Gasteiger partial charge in [0.15, 0.2) is 5.82 Å². The van der Waals surface area contributed by atoms with Crippen LogP contribution in [0, 0.1) is 12.7 Å². The molecule has 1 saturated carbocycles. The summed E-state index contributed by atoms with van der Waals surface area (Å²) < 4.78 is 25.4. The first-order chi connectivity index (χ1) is 21.3. The van der Waals surface area contributed by atoms with Crippen LogP contribution in [0.1, 0.15) is 52.1 Å². The first kappa shape index (κ1) is 31.2. The fraction of sp³-hybridized carbons (Fsp3) is 0.471. The van der Waals surface area contributed by atoms with Crippen LogP contribution < -0.4 is 9.64 Å². The second kappa shape index (κ2) is 11.6. The van der Waals surface area contributed by atoms with Gasteiger partial charge in [0.1, 0.15) is 17.9 Å². The number of fused-ring (bicyclic) bond motifs is 2. The number of hydrogen-bond acceptors (Lipinski definition) is 7. The first-order valence-electron chi connectivity index (χ1n) is 15.5. The minimum absolute atomic E-state index is 0.0852. The number of benzene rings is 2. The van der Waals surface area contributed by atoms with Gasteiger partial charge >= 0.3 is 6.01 Å². The summed E-state index contributed by atoms with van der Waals surface area (Å²) in [5, 5.41) is 6.35. The zero-order valence-corrected chi connectivity index (χ0v) is 27.8. The summed E-state index contributed by atoms with van der Waals surface area (Å²) in [6.07, 6.45) is 5.26. The molecule has 9 nitrogen and oxygen atoms in total. The lowest BCUT2D eigenvalue weighted by atomic mass is 9.95. The van der Waals surface area contributed by atoms with Crippen LogP contribution in [0.5, 0.6) is 6.01 Å². The fourth-order valence-corrected chi connectivity index (χ4v) is 6.33. The number of piperazine rings is 1. The van der Waals surface area contributed by atoms with Gasteiger partial charge < -0.3 is 19.4 Å². The van der Waals surface area contributed by atoms with Crippen molar-refractivity contribution < 1.29 is 13.9 Å². The number of amides is 1. The molecule has 6 rings (SSSR count). The molecule has 0 N–H and O–H groups in total. The van der Waals surface area contributed by atoms with E-state index >= 15 is 4.39 Å². The molecule has 238 valence electrons. The van der Waals surface area contributed by atoms with Crippen LogP contribution in [0.3, 0.4) is 0 Å². The average molecular weight is 634 g/mol. The minimum atomic E-state index is -0.529. The van der Waals surface area contributed by atoms with E-state index in [1.54, 1.807) is 11.0 Å². The summed E-state index contributed by atoms with van der Waals surface area (Å²) in [5.74, 6) is -0.128. The van der Waals surface area contributed by atoms with E-state index in [-0.39, 0.29) is 40.1 Å². The van der Waals surface area contributed by atoms with Gasteiger partial charge in [0.2, 0.25) is 5.91 Å². The predicted octanol–water partition coefficient (Wildman–Crippen LogP) is 6.41. The molecule has 2 aromatic heterocycles. The Hall–Kier alpha value is -3.76. The Morgan fingerprint density at radius 3 is 2.58 bits per heavy atom.